The lowest BCUT2D eigenvalue weighted by molar-refractivity contribution is -0.274. The predicted octanol–water partition coefficient (Wildman–Crippen LogP) is 7.30. The maximum Gasteiger partial charge on any atom is 0.573 e. The highest BCUT2D eigenvalue weighted by atomic mass is 19.4. The molecule has 0 unspecified atom stereocenters. The van der Waals surface area contributed by atoms with Crippen LogP contribution in [0.5, 0.6) is 5.75 Å². The fraction of sp³-hybridized carbons (Fsp3) is 0.130. The molecular formula is C23H14F6N2O2. The number of halogens is 6. The van der Waals surface area contributed by atoms with Crippen LogP contribution in [-0.2, 0) is 6.18 Å². The number of para-hydroxylation sites is 1. The van der Waals surface area contributed by atoms with Crippen molar-refractivity contribution in [3.63, 3.8) is 0 Å². The Balaban J connectivity index is 1.76. The van der Waals surface area contributed by atoms with Crippen molar-refractivity contribution in [3.05, 3.63) is 77.9 Å². The molecule has 0 aliphatic rings. The summed E-state index contributed by atoms with van der Waals surface area (Å²) in [5.74, 6) is -1.11. The van der Waals surface area contributed by atoms with Gasteiger partial charge in [0, 0.05) is 5.56 Å². The van der Waals surface area contributed by atoms with Crippen molar-refractivity contribution < 1.29 is 35.6 Å². The number of ether oxygens (including phenoxy) is 1. The first-order valence-corrected chi connectivity index (χ1v) is 9.49. The van der Waals surface area contributed by atoms with Crippen LogP contribution in [-0.4, -0.2) is 16.5 Å². The molecule has 0 aliphatic carbocycles. The lowest BCUT2D eigenvalue weighted by Crippen LogP contribution is -2.17. The highest BCUT2D eigenvalue weighted by molar-refractivity contribution is 5.75. The molecule has 4 rings (SSSR count). The van der Waals surface area contributed by atoms with Gasteiger partial charge in [0.05, 0.1) is 11.1 Å². The molecule has 0 N–H and O–H groups in total. The van der Waals surface area contributed by atoms with E-state index in [0.717, 1.165) is 12.1 Å². The molecule has 1 aromatic heterocycles. The standard InChI is InChI=1S/C23H14F6N2O2/c1-13-6-2-3-7-15(13)16-11-10-14(12-18(16)22(24,25)26)21-30-20(31-33-21)17-8-4-5-9-19(17)32-23(27,28)29/h2-12H,1H3. The molecule has 33 heavy (non-hydrogen) atoms. The van der Waals surface area contributed by atoms with Crippen LogP contribution in [0.25, 0.3) is 34.0 Å². The number of alkyl halides is 6. The van der Waals surface area contributed by atoms with Gasteiger partial charge in [-0.25, -0.2) is 0 Å². The summed E-state index contributed by atoms with van der Waals surface area (Å²) in [5.41, 5.74) is -0.00850. The van der Waals surface area contributed by atoms with Crippen molar-refractivity contribution in [1.29, 1.82) is 0 Å². The molecule has 0 saturated carbocycles. The van der Waals surface area contributed by atoms with Gasteiger partial charge in [-0.15, -0.1) is 13.2 Å². The van der Waals surface area contributed by atoms with Crippen LogP contribution in [0.2, 0.25) is 0 Å². The van der Waals surface area contributed by atoms with E-state index >= 15 is 0 Å². The van der Waals surface area contributed by atoms with Crippen LogP contribution >= 0.6 is 0 Å². The Bertz CT molecular complexity index is 1290. The molecule has 4 nitrogen and oxygen atoms in total. The molecule has 0 aliphatic heterocycles. The van der Waals surface area contributed by atoms with Gasteiger partial charge < -0.3 is 9.26 Å². The number of hydrogen-bond acceptors (Lipinski definition) is 4. The first-order valence-electron chi connectivity index (χ1n) is 9.49. The number of aryl methyl sites for hydroxylation is 1. The summed E-state index contributed by atoms with van der Waals surface area (Å²) in [6.07, 6.45) is -9.63. The number of aromatic nitrogens is 2. The predicted molar refractivity (Wildman–Crippen MR) is 107 cm³/mol. The molecular weight excluding hydrogens is 450 g/mol. The monoisotopic (exact) mass is 464 g/mol. The molecule has 0 bridgehead atoms. The van der Waals surface area contributed by atoms with Gasteiger partial charge in [0.2, 0.25) is 5.82 Å². The molecule has 3 aromatic carbocycles. The minimum Gasteiger partial charge on any atom is -0.405 e. The first-order chi connectivity index (χ1) is 15.5. The van der Waals surface area contributed by atoms with E-state index in [0.29, 0.717) is 11.1 Å². The minimum atomic E-state index is -4.95. The van der Waals surface area contributed by atoms with Crippen molar-refractivity contribution in [2.75, 3.05) is 0 Å². The molecule has 10 heteroatoms. The van der Waals surface area contributed by atoms with Crippen molar-refractivity contribution >= 4 is 0 Å². The average molecular weight is 464 g/mol. The van der Waals surface area contributed by atoms with E-state index in [4.69, 9.17) is 4.52 Å². The molecule has 170 valence electrons. The summed E-state index contributed by atoms with van der Waals surface area (Å²) in [6, 6.07) is 15.3. The average Bonchev–Trinajstić information content (AvgIpc) is 3.22. The van der Waals surface area contributed by atoms with Gasteiger partial charge in [-0.3, -0.25) is 0 Å². The molecule has 0 amide bonds. The number of hydrogen-bond donors (Lipinski definition) is 0. The number of rotatable bonds is 4. The third kappa shape index (κ3) is 4.84. The van der Waals surface area contributed by atoms with Crippen LogP contribution < -0.4 is 4.74 Å². The Labute approximate surface area is 183 Å². The largest absolute Gasteiger partial charge is 0.573 e. The summed E-state index contributed by atoms with van der Waals surface area (Å²) in [6.45, 7) is 1.70. The summed E-state index contributed by atoms with van der Waals surface area (Å²) in [5, 5.41) is 3.63. The zero-order valence-corrected chi connectivity index (χ0v) is 16.8. The van der Waals surface area contributed by atoms with Crippen LogP contribution in [0.3, 0.4) is 0 Å². The zero-order valence-electron chi connectivity index (χ0n) is 16.8. The van der Waals surface area contributed by atoms with E-state index < -0.39 is 23.9 Å². The van der Waals surface area contributed by atoms with Gasteiger partial charge in [-0.05, 0) is 47.9 Å². The van der Waals surface area contributed by atoms with Gasteiger partial charge in [-0.2, -0.15) is 18.2 Å². The van der Waals surface area contributed by atoms with E-state index in [-0.39, 0.29) is 28.4 Å². The fourth-order valence-corrected chi connectivity index (χ4v) is 3.34. The maximum absolute atomic E-state index is 13.9. The first kappa shape index (κ1) is 22.4. The minimum absolute atomic E-state index is 0.0204. The lowest BCUT2D eigenvalue weighted by Gasteiger charge is -2.15. The van der Waals surface area contributed by atoms with E-state index in [1.165, 1.54) is 30.3 Å². The molecule has 0 atom stereocenters. The summed E-state index contributed by atoms with van der Waals surface area (Å²) in [4.78, 5) is 3.99. The number of benzene rings is 3. The smallest absolute Gasteiger partial charge is 0.405 e. The second-order valence-electron chi connectivity index (χ2n) is 7.04. The van der Waals surface area contributed by atoms with Gasteiger partial charge in [0.25, 0.3) is 5.89 Å². The van der Waals surface area contributed by atoms with E-state index in [2.05, 4.69) is 14.9 Å². The van der Waals surface area contributed by atoms with Crippen LogP contribution in [0.1, 0.15) is 11.1 Å². The van der Waals surface area contributed by atoms with Gasteiger partial charge in [-0.1, -0.05) is 47.6 Å². The highest BCUT2D eigenvalue weighted by Gasteiger charge is 2.35. The van der Waals surface area contributed by atoms with E-state index in [1.807, 2.05) is 0 Å². The topological polar surface area (TPSA) is 48.2 Å². The van der Waals surface area contributed by atoms with Crippen molar-refractivity contribution in [2.24, 2.45) is 0 Å². The molecule has 1 heterocycles. The van der Waals surface area contributed by atoms with Gasteiger partial charge in [0.15, 0.2) is 0 Å². The molecule has 0 fully saturated rings. The third-order valence-electron chi connectivity index (χ3n) is 4.79. The SMILES string of the molecule is Cc1ccccc1-c1ccc(-c2nc(-c3ccccc3OC(F)(F)F)no2)cc1C(F)(F)F. The Hall–Kier alpha value is -3.82. The van der Waals surface area contributed by atoms with E-state index in [1.54, 1.807) is 31.2 Å². The van der Waals surface area contributed by atoms with Gasteiger partial charge in [0.1, 0.15) is 5.75 Å². The third-order valence-corrected chi connectivity index (χ3v) is 4.79. The van der Waals surface area contributed by atoms with Crippen molar-refractivity contribution in [1.82, 2.24) is 10.1 Å². The molecule has 4 aromatic rings. The number of nitrogens with zero attached hydrogens (tertiary/aromatic N) is 2. The summed E-state index contributed by atoms with van der Waals surface area (Å²) >= 11 is 0. The Morgan fingerprint density at radius 3 is 2.12 bits per heavy atom. The van der Waals surface area contributed by atoms with Crippen molar-refractivity contribution in [2.45, 2.75) is 19.5 Å². The Morgan fingerprint density at radius 2 is 1.45 bits per heavy atom. The Morgan fingerprint density at radius 1 is 0.788 bits per heavy atom. The highest BCUT2D eigenvalue weighted by Crippen LogP contribution is 2.40. The second-order valence-corrected chi connectivity index (χ2v) is 7.04. The van der Waals surface area contributed by atoms with E-state index in [9.17, 15) is 26.3 Å². The van der Waals surface area contributed by atoms with Crippen LogP contribution in [0, 0.1) is 6.92 Å². The molecule has 0 spiro atoms. The van der Waals surface area contributed by atoms with Crippen LogP contribution in [0.15, 0.2) is 71.3 Å². The van der Waals surface area contributed by atoms with Gasteiger partial charge >= 0.3 is 12.5 Å². The lowest BCUT2D eigenvalue weighted by atomic mass is 9.94. The summed E-state index contributed by atoms with van der Waals surface area (Å²) < 4.78 is 88.6. The second kappa shape index (κ2) is 8.27. The van der Waals surface area contributed by atoms with Crippen LogP contribution in [0.4, 0.5) is 26.3 Å². The molecule has 0 radical (unpaired) electrons. The maximum atomic E-state index is 13.9. The summed E-state index contributed by atoms with van der Waals surface area (Å²) in [7, 11) is 0. The zero-order chi connectivity index (χ0) is 23.8. The molecule has 0 saturated heterocycles. The quantitative estimate of drug-likeness (QED) is 0.298. The Kier molecular flexibility index (Phi) is 5.61. The normalized spacial score (nSPS) is 12.1. The fourth-order valence-electron chi connectivity index (χ4n) is 3.34. The van der Waals surface area contributed by atoms with Crippen molar-refractivity contribution in [3.8, 4) is 39.7 Å².